The average molecular weight is 471 g/mol. The van der Waals surface area contributed by atoms with Gasteiger partial charge in [0.1, 0.15) is 11.5 Å². The number of benzene rings is 3. The van der Waals surface area contributed by atoms with Crippen molar-refractivity contribution in [2.24, 2.45) is 0 Å². The van der Waals surface area contributed by atoms with Gasteiger partial charge in [-0.15, -0.1) is 0 Å². The van der Waals surface area contributed by atoms with Gasteiger partial charge in [-0.3, -0.25) is 20.4 Å². The highest BCUT2D eigenvalue weighted by atomic mass is 79.9. The maximum Gasteiger partial charge on any atom is 0.279 e. The minimum Gasteiger partial charge on any atom is -0.490 e. The second-order valence-corrected chi connectivity index (χ2v) is 7.94. The lowest BCUT2D eigenvalue weighted by Crippen LogP contribution is -2.47. The van der Waals surface area contributed by atoms with E-state index in [1.54, 1.807) is 25.1 Å². The van der Waals surface area contributed by atoms with Crippen molar-refractivity contribution in [2.75, 3.05) is 0 Å². The molecule has 7 heteroatoms. The third-order valence-electron chi connectivity index (χ3n) is 4.25. The molecular weight excluding hydrogens is 448 g/mol. The van der Waals surface area contributed by atoms with Gasteiger partial charge in [0.15, 0.2) is 6.10 Å². The van der Waals surface area contributed by atoms with Crippen LogP contribution in [-0.4, -0.2) is 24.0 Å². The number of halogens is 1. The van der Waals surface area contributed by atoms with E-state index in [0.717, 1.165) is 15.2 Å². The molecule has 0 saturated carbocycles. The summed E-state index contributed by atoms with van der Waals surface area (Å²) >= 11 is 3.35. The maximum atomic E-state index is 12.6. The number of fused-ring (bicyclic) bond motifs is 1. The molecule has 6 nitrogen and oxygen atoms in total. The number of ether oxygens (including phenoxy) is 2. The summed E-state index contributed by atoms with van der Waals surface area (Å²) in [6.45, 7) is 5.36. The van der Waals surface area contributed by atoms with Gasteiger partial charge >= 0.3 is 0 Å². The van der Waals surface area contributed by atoms with Crippen molar-refractivity contribution in [1.82, 2.24) is 10.9 Å². The summed E-state index contributed by atoms with van der Waals surface area (Å²) in [6, 6.07) is 18.6. The smallest absolute Gasteiger partial charge is 0.279 e. The Bertz CT molecular complexity index is 1070. The minimum atomic E-state index is -0.805. The molecule has 0 aliphatic rings. The van der Waals surface area contributed by atoms with Crippen molar-refractivity contribution in [2.45, 2.75) is 33.0 Å². The summed E-state index contributed by atoms with van der Waals surface area (Å²) in [4.78, 5) is 24.9. The fourth-order valence-electron chi connectivity index (χ4n) is 2.82. The van der Waals surface area contributed by atoms with E-state index in [4.69, 9.17) is 9.47 Å². The van der Waals surface area contributed by atoms with E-state index >= 15 is 0 Å². The highest BCUT2D eigenvalue weighted by molar-refractivity contribution is 9.10. The van der Waals surface area contributed by atoms with Crippen molar-refractivity contribution < 1.29 is 19.1 Å². The third kappa shape index (κ3) is 5.51. The number of hydrogen-bond acceptors (Lipinski definition) is 4. The van der Waals surface area contributed by atoms with E-state index in [-0.39, 0.29) is 6.10 Å². The Balaban J connectivity index is 1.61. The zero-order valence-corrected chi connectivity index (χ0v) is 18.5. The van der Waals surface area contributed by atoms with Crippen molar-refractivity contribution in [3.63, 3.8) is 0 Å². The Morgan fingerprint density at radius 3 is 2.33 bits per heavy atom. The Labute approximate surface area is 183 Å². The first-order chi connectivity index (χ1) is 14.3. The number of amides is 2. The molecule has 0 radical (unpaired) electrons. The zero-order chi connectivity index (χ0) is 21.7. The predicted molar refractivity (Wildman–Crippen MR) is 120 cm³/mol. The molecule has 2 amide bonds. The van der Waals surface area contributed by atoms with Crippen LogP contribution in [0.3, 0.4) is 0 Å². The second-order valence-electron chi connectivity index (χ2n) is 7.02. The van der Waals surface area contributed by atoms with E-state index in [1.165, 1.54) is 0 Å². The molecule has 156 valence electrons. The molecular formula is C23H23BrN2O4. The van der Waals surface area contributed by atoms with Gasteiger partial charge in [-0.25, -0.2) is 0 Å². The highest BCUT2D eigenvalue weighted by Gasteiger charge is 2.18. The summed E-state index contributed by atoms with van der Waals surface area (Å²) in [5.74, 6) is 0.0405. The van der Waals surface area contributed by atoms with E-state index in [0.29, 0.717) is 17.1 Å². The summed E-state index contributed by atoms with van der Waals surface area (Å²) in [5.41, 5.74) is 5.13. The van der Waals surface area contributed by atoms with Crippen molar-refractivity contribution >= 4 is 38.5 Å². The van der Waals surface area contributed by atoms with E-state index in [9.17, 15) is 9.59 Å². The van der Waals surface area contributed by atoms with E-state index < -0.39 is 17.9 Å². The molecule has 0 aliphatic carbocycles. The maximum absolute atomic E-state index is 12.6. The molecule has 1 atom stereocenters. The molecule has 3 rings (SSSR count). The van der Waals surface area contributed by atoms with Crippen LogP contribution in [0, 0.1) is 0 Å². The first-order valence-electron chi connectivity index (χ1n) is 9.55. The third-order valence-corrected chi connectivity index (χ3v) is 4.74. The molecule has 0 heterocycles. The zero-order valence-electron chi connectivity index (χ0n) is 16.9. The number of nitrogens with one attached hydrogen (secondary N) is 2. The van der Waals surface area contributed by atoms with Crippen LogP contribution >= 0.6 is 15.9 Å². The summed E-state index contributed by atoms with van der Waals surface area (Å²) in [7, 11) is 0. The lowest BCUT2D eigenvalue weighted by Gasteiger charge is -2.17. The quantitative estimate of drug-likeness (QED) is 0.515. The molecule has 1 unspecified atom stereocenters. The topological polar surface area (TPSA) is 76.7 Å². The fourth-order valence-corrected chi connectivity index (χ4v) is 3.18. The molecule has 3 aromatic rings. The Kier molecular flexibility index (Phi) is 6.95. The minimum absolute atomic E-state index is 0.0947. The van der Waals surface area contributed by atoms with Crippen LogP contribution in [0.2, 0.25) is 0 Å². The Morgan fingerprint density at radius 2 is 1.60 bits per heavy atom. The molecule has 2 N–H and O–H groups in total. The van der Waals surface area contributed by atoms with Crippen molar-refractivity contribution in [3.8, 4) is 11.5 Å². The standard InChI is InChI=1S/C23H23BrN2O4/c1-14(2)29-21-11-9-18(24)13-20(21)23(28)26-25-22(27)15(3)30-19-10-8-16-6-4-5-7-17(16)12-19/h4-15H,1-3H3,(H,25,27)(H,26,28). The summed E-state index contributed by atoms with van der Waals surface area (Å²) < 4.78 is 12.1. The van der Waals surface area contributed by atoms with E-state index in [1.807, 2.05) is 56.3 Å². The van der Waals surface area contributed by atoms with Gasteiger partial charge in [0.05, 0.1) is 11.7 Å². The molecule has 0 bridgehead atoms. The van der Waals surface area contributed by atoms with E-state index in [2.05, 4.69) is 26.8 Å². The number of hydrogen-bond donors (Lipinski definition) is 2. The molecule has 3 aromatic carbocycles. The van der Waals surface area contributed by atoms with Gasteiger partial charge in [0.25, 0.3) is 11.8 Å². The number of rotatable bonds is 6. The van der Waals surface area contributed by atoms with Crippen LogP contribution in [0.4, 0.5) is 0 Å². The molecule has 0 aromatic heterocycles. The predicted octanol–water partition coefficient (Wildman–Crippen LogP) is 4.62. The van der Waals surface area contributed by atoms with Gasteiger partial charge in [-0.05, 0) is 61.9 Å². The van der Waals surface area contributed by atoms with Crippen LogP contribution in [0.25, 0.3) is 10.8 Å². The van der Waals surface area contributed by atoms with Crippen LogP contribution in [0.5, 0.6) is 11.5 Å². The van der Waals surface area contributed by atoms with Gasteiger partial charge in [-0.2, -0.15) is 0 Å². The molecule has 0 fully saturated rings. The summed E-state index contributed by atoms with van der Waals surface area (Å²) in [6.07, 6.45) is -0.900. The molecule has 0 saturated heterocycles. The number of carbonyl (C=O) groups excluding carboxylic acids is 2. The summed E-state index contributed by atoms with van der Waals surface area (Å²) in [5, 5.41) is 2.10. The van der Waals surface area contributed by atoms with Crippen LogP contribution < -0.4 is 20.3 Å². The molecule has 0 spiro atoms. The van der Waals surface area contributed by atoms with Gasteiger partial charge in [0, 0.05) is 4.47 Å². The average Bonchev–Trinajstić information content (AvgIpc) is 2.72. The first kappa shape index (κ1) is 21.6. The van der Waals surface area contributed by atoms with Gasteiger partial charge in [0.2, 0.25) is 0 Å². The molecule has 30 heavy (non-hydrogen) atoms. The first-order valence-corrected chi connectivity index (χ1v) is 10.3. The van der Waals surface area contributed by atoms with Crippen LogP contribution in [0.15, 0.2) is 65.1 Å². The van der Waals surface area contributed by atoms with Crippen LogP contribution in [0.1, 0.15) is 31.1 Å². The Morgan fingerprint density at radius 1 is 0.867 bits per heavy atom. The van der Waals surface area contributed by atoms with Gasteiger partial charge < -0.3 is 9.47 Å². The Hall–Kier alpha value is -3.06. The van der Waals surface area contributed by atoms with Crippen molar-refractivity contribution in [1.29, 1.82) is 0 Å². The van der Waals surface area contributed by atoms with Crippen molar-refractivity contribution in [3.05, 3.63) is 70.7 Å². The lowest BCUT2D eigenvalue weighted by atomic mass is 10.1. The second kappa shape index (κ2) is 9.63. The highest BCUT2D eigenvalue weighted by Crippen LogP contribution is 2.24. The number of hydrazine groups is 1. The molecule has 0 aliphatic heterocycles. The monoisotopic (exact) mass is 470 g/mol. The number of carbonyl (C=O) groups is 2. The van der Waals surface area contributed by atoms with Crippen LogP contribution in [-0.2, 0) is 4.79 Å². The van der Waals surface area contributed by atoms with Gasteiger partial charge in [-0.1, -0.05) is 46.3 Å². The lowest BCUT2D eigenvalue weighted by molar-refractivity contribution is -0.128. The largest absolute Gasteiger partial charge is 0.490 e. The normalized spacial score (nSPS) is 11.8. The fraction of sp³-hybridized carbons (Fsp3) is 0.217. The SMILES string of the molecule is CC(C)Oc1ccc(Br)cc1C(=O)NNC(=O)C(C)Oc1ccc2ccccc2c1.